The molecule has 7 nitrogen and oxygen atoms in total. The van der Waals surface area contributed by atoms with Crippen LogP contribution in [0.1, 0.15) is 43.0 Å². The van der Waals surface area contributed by atoms with Gasteiger partial charge >= 0.3 is 0 Å². The molecule has 5 rings (SSSR count). The molecule has 2 fully saturated rings. The molecule has 1 unspecified atom stereocenters. The summed E-state index contributed by atoms with van der Waals surface area (Å²) in [5.74, 6) is 2.02. The SMILES string of the molecule is CCN1CCN(C(C)CNc2nc(CN3CCOCC3)nc3sc4c(c23)CCCC4)CC1. The molecule has 2 aromatic heterocycles. The lowest BCUT2D eigenvalue weighted by atomic mass is 9.97. The van der Waals surface area contributed by atoms with Crippen molar-refractivity contribution in [3.8, 4) is 0 Å². The molecule has 1 aliphatic carbocycles. The molecule has 0 saturated carbocycles. The van der Waals surface area contributed by atoms with Crippen LogP contribution in [0, 0.1) is 0 Å². The van der Waals surface area contributed by atoms with E-state index in [4.69, 9.17) is 14.7 Å². The van der Waals surface area contributed by atoms with Crippen molar-refractivity contribution >= 4 is 27.4 Å². The van der Waals surface area contributed by atoms with Crippen molar-refractivity contribution in [1.82, 2.24) is 24.7 Å². The molecule has 0 aromatic carbocycles. The van der Waals surface area contributed by atoms with E-state index in [1.165, 1.54) is 59.4 Å². The lowest BCUT2D eigenvalue weighted by Crippen LogP contribution is -2.51. The van der Waals surface area contributed by atoms with E-state index in [0.717, 1.165) is 70.7 Å². The van der Waals surface area contributed by atoms with Gasteiger partial charge in [0.2, 0.25) is 0 Å². The summed E-state index contributed by atoms with van der Waals surface area (Å²) in [6, 6.07) is 0.496. The Hall–Kier alpha value is -1.32. The van der Waals surface area contributed by atoms with E-state index in [2.05, 4.69) is 33.9 Å². The Bertz CT molecular complexity index is 904. The van der Waals surface area contributed by atoms with Crippen LogP contribution in [0.5, 0.6) is 0 Å². The number of piperazine rings is 1. The van der Waals surface area contributed by atoms with Crippen molar-refractivity contribution < 1.29 is 4.74 Å². The van der Waals surface area contributed by atoms with Crippen LogP contribution < -0.4 is 5.32 Å². The number of thiophene rings is 1. The number of fused-ring (bicyclic) bond motifs is 3. The van der Waals surface area contributed by atoms with Gasteiger partial charge in [-0.1, -0.05) is 6.92 Å². The number of aryl methyl sites for hydroxylation is 2. The van der Waals surface area contributed by atoms with E-state index in [1.54, 1.807) is 0 Å². The summed E-state index contributed by atoms with van der Waals surface area (Å²) >= 11 is 1.90. The maximum atomic E-state index is 5.52. The lowest BCUT2D eigenvalue weighted by molar-refractivity contribution is 0.0331. The van der Waals surface area contributed by atoms with Crippen molar-refractivity contribution in [3.05, 3.63) is 16.3 Å². The maximum absolute atomic E-state index is 5.52. The average molecular weight is 459 g/mol. The van der Waals surface area contributed by atoms with Crippen molar-refractivity contribution in [2.75, 3.05) is 70.9 Å². The van der Waals surface area contributed by atoms with Crippen LogP contribution in [-0.2, 0) is 24.1 Å². The van der Waals surface area contributed by atoms with Gasteiger partial charge < -0.3 is 15.0 Å². The fourth-order valence-electron chi connectivity index (χ4n) is 5.25. The zero-order valence-electron chi connectivity index (χ0n) is 19.7. The van der Waals surface area contributed by atoms with Gasteiger partial charge in [-0.25, -0.2) is 9.97 Å². The number of hydrogen-bond donors (Lipinski definition) is 1. The second-order valence-electron chi connectivity index (χ2n) is 9.47. The summed E-state index contributed by atoms with van der Waals surface area (Å²) in [4.78, 5) is 20.4. The molecule has 2 aromatic rings. The quantitative estimate of drug-likeness (QED) is 0.685. The van der Waals surface area contributed by atoms with Crippen molar-refractivity contribution in [3.63, 3.8) is 0 Å². The summed E-state index contributed by atoms with van der Waals surface area (Å²) < 4.78 is 5.52. The zero-order valence-corrected chi connectivity index (χ0v) is 20.6. The van der Waals surface area contributed by atoms with Gasteiger partial charge in [0, 0.05) is 56.7 Å². The normalized spacial score (nSPS) is 22.2. The molecule has 0 bridgehead atoms. The average Bonchev–Trinajstić information content (AvgIpc) is 3.21. The van der Waals surface area contributed by atoms with E-state index in [0.29, 0.717) is 6.04 Å². The van der Waals surface area contributed by atoms with Crippen LogP contribution in [-0.4, -0.2) is 96.3 Å². The number of hydrogen-bond acceptors (Lipinski definition) is 8. The molecular weight excluding hydrogens is 420 g/mol. The van der Waals surface area contributed by atoms with Crippen LogP contribution in [0.4, 0.5) is 5.82 Å². The Labute approximate surface area is 196 Å². The van der Waals surface area contributed by atoms with Gasteiger partial charge in [0.25, 0.3) is 0 Å². The number of likely N-dealkylation sites (N-methyl/N-ethyl adjacent to an activating group) is 1. The Kier molecular flexibility index (Phi) is 7.23. The minimum absolute atomic E-state index is 0.496. The zero-order chi connectivity index (χ0) is 21.9. The Morgan fingerprint density at radius 2 is 1.78 bits per heavy atom. The number of nitrogens with one attached hydrogen (secondary N) is 1. The number of anilines is 1. The minimum atomic E-state index is 0.496. The van der Waals surface area contributed by atoms with Crippen LogP contribution in [0.25, 0.3) is 10.2 Å². The lowest BCUT2D eigenvalue weighted by Gasteiger charge is -2.37. The first kappa shape index (κ1) is 22.5. The molecule has 0 spiro atoms. The fraction of sp³-hybridized carbons (Fsp3) is 0.750. The highest BCUT2D eigenvalue weighted by Crippen LogP contribution is 2.38. The van der Waals surface area contributed by atoms with E-state index in [1.807, 2.05) is 11.3 Å². The molecule has 1 atom stereocenters. The molecule has 176 valence electrons. The topological polar surface area (TPSA) is 56.8 Å². The summed E-state index contributed by atoms with van der Waals surface area (Å²) in [7, 11) is 0. The predicted octanol–water partition coefficient (Wildman–Crippen LogP) is 2.84. The third kappa shape index (κ3) is 4.94. The van der Waals surface area contributed by atoms with E-state index in [-0.39, 0.29) is 0 Å². The number of ether oxygens (including phenoxy) is 1. The number of rotatable bonds is 7. The number of morpholine rings is 1. The molecule has 32 heavy (non-hydrogen) atoms. The van der Waals surface area contributed by atoms with Gasteiger partial charge in [-0.05, 0) is 44.7 Å². The first-order chi connectivity index (χ1) is 15.7. The second-order valence-corrected chi connectivity index (χ2v) is 10.6. The number of aromatic nitrogens is 2. The molecule has 2 saturated heterocycles. The van der Waals surface area contributed by atoms with Crippen LogP contribution in [0.15, 0.2) is 0 Å². The van der Waals surface area contributed by atoms with E-state index < -0.39 is 0 Å². The highest BCUT2D eigenvalue weighted by atomic mass is 32.1. The molecule has 4 heterocycles. The van der Waals surface area contributed by atoms with Crippen molar-refractivity contribution in [1.29, 1.82) is 0 Å². The van der Waals surface area contributed by atoms with Crippen molar-refractivity contribution in [2.45, 2.75) is 52.1 Å². The predicted molar refractivity (Wildman–Crippen MR) is 132 cm³/mol. The largest absolute Gasteiger partial charge is 0.379 e. The van der Waals surface area contributed by atoms with Gasteiger partial charge in [-0.2, -0.15) is 0 Å². The number of nitrogens with zero attached hydrogens (tertiary/aromatic N) is 5. The van der Waals surface area contributed by atoms with Gasteiger partial charge in [0.15, 0.2) is 0 Å². The van der Waals surface area contributed by atoms with E-state index in [9.17, 15) is 0 Å². The van der Waals surface area contributed by atoms with Gasteiger partial charge in [0.05, 0.1) is 25.1 Å². The summed E-state index contributed by atoms with van der Waals surface area (Å²) in [5.41, 5.74) is 1.51. The van der Waals surface area contributed by atoms with E-state index >= 15 is 0 Å². The van der Waals surface area contributed by atoms with Gasteiger partial charge in [-0.3, -0.25) is 9.80 Å². The molecule has 2 aliphatic heterocycles. The molecule has 8 heteroatoms. The van der Waals surface area contributed by atoms with Crippen molar-refractivity contribution in [2.24, 2.45) is 0 Å². The molecule has 0 amide bonds. The summed E-state index contributed by atoms with van der Waals surface area (Å²) in [6.07, 6.45) is 4.96. The first-order valence-corrected chi connectivity index (χ1v) is 13.3. The molecular formula is C24H38N6OS. The van der Waals surface area contributed by atoms with Crippen LogP contribution in [0.3, 0.4) is 0 Å². The third-order valence-corrected chi connectivity index (χ3v) is 8.56. The van der Waals surface area contributed by atoms with Crippen LogP contribution in [0.2, 0.25) is 0 Å². The third-order valence-electron chi connectivity index (χ3n) is 7.37. The molecule has 1 N–H and O–H groups in total. The summed E-state index contributed by atoms with van der Waals surface area (Å²) in [5, 5.41) is 5.08. The highest BCUT2D eigenvalue weighted by Gasteiger charge is 2.24. The standard InChI is InChI=1S/C24H38N6OS/c1-3-28-8-10-30(11-9-28)18(2)16-25-23-22-19-6-4-5-7-20(19)32-24(22)27-21(26-23)17-29-12-14-31-15-13-29/h18H,3-17H2,1-2H3,(H,25,26,27). The minimum Gasteiger partial charge on any atom is -0.379 e. The summed E-state index contributed by atoms with van der Waals surface area (Å²) in [6.45, 7) is 15.7. The highest BCUT2D eigenvalue weighted by molar-refractivity contribution is 7.19. The van der Waals surface area contributed by atoms with Gasteiger partial charge in [0.1, 0.15) is 16.5 Å². The Morgan fingerprint density at radius 1 is 1.00 bits per heavy atom. The Morgan fingerprint density at radius 3 is 2.56 bits per heavy atom. The maximum Gasteiger partial charge on any atom is 0.146 e. The Balaban J connectivity index is 1.35. The molecule has 3 aliphatic rings. The van der Waals surface area contributed by atoms with Gasteiger partial charge in [-0.15, -0.1) is 11.3 Å². The second kappa shape index (κ2) is 10.3. The monoisotopic (exact) mass is 458 g/mol. The smallest absolute Gasteiger partial charge is 0.146 e. The molecule has 0 radical (unpaired) electrons. The first-order valence-electron chi connectivity index (χ1n) is 12.5. The van der Waals surface area contributed by atoms with Crippen LogP contribution >= 0.6 is 11.3 Å². The fourth-order valence-corrected chi connectivity index (χ4v) is 6.53.